The Morgan fingerprint density at radius 3 is 2.75 bits per heavy atom. The Kier molecular flexibility index (Phi) is 3.88. The second-order valence-corrected chi connectivity index (χ2v) is 9.25. The minimum absolute atomic E-state index is 0.177. The van der Waals surface area contributed by atoms with E-state index >= 15 is 0 Å². The molecule has 2 N–H and O–H groups in total. The van der Waals surface area contributed by atoms with Crippen LogP contribution in [0.2, 0.25) is 0 Å². The maximum absolute atomic E-state index is 12.7. The molecular formula is C15H19N3O5S. The topological polar surface area (TPSA) is 117 Å². The van der Waals surface area contributed by atoms with E-state index in [1.807, 2.05) is 6.07 Å². The lowest BCUT2D eigenvalue weighted by atomic mass is 9.91. The van der Waals surface area contributed by atoms with Gasteiger partial charge in [0.25, 0.3) is 0 Å². The molecule has 24 heavy (non-hydrogen) atoms. The zero-order valence-corrected chi connectivity index (χ0v) is 14.2. The number of carbonyl (C=O) groups excluding carboxylic acids is 1. The van der Waals surface area contributed by atoms with Gasteiger partial charge in [0.1, 0.15) is 11.4 Å². The van der Waals surface area contributed by atoms with Gasteiger partial charge in [-0.05, 0) is 25.5 Å². The molecule has 3 atom stereocenters. The highest BCUT2D eigenvalue weighted by atomic mass is 32.2. The van der Waals surface area contributed by atoms with Crippen molar-refractivity contribution in [1.82, 2.24) is 15.2 Å². The summed E-state index contributed by atoms with van der Waals surface area (Å²) >= 11 is 0. The second-order valence-electron chi connectivity index (χ2n) is 6.62. The maximum atomic E-state index is 12.7. The molecule has 0 spiro atoms. The van der Waals surface area contributed by atoms with E-state index in [-0.39, 0.29) is 6.54 Å². The van der Waals surface area contributed by atoms with Crippen LogP contribution in [0.15, 0.2) is 24.5 Å². The number of amides is 1. The molecule has 2 fully saturated rings. The first kappa shape index (κ1) is 16.8. The highest BCUT2D eigenvalue weighted by Crippen LogP contribution is 2.48. The number of hydrogen-bond donors (Lipinski definition) is 2. The zero-order valence-electron chi connectivity index (χ0n) is 13.3. The number of nitrogens with zero attached hydrogens (tertiary/aromatic N) is 2. The standard InChI is InChI=1S/C15H19N3O5S/c1-15(2)11(14(20)21)18-12(19)10(13(18)24(15,22)23)8-17-7-9-4-3-5-16-6-9/h3-6,10-11,13,17H,7-8H2,1-2H3,(H,20,21)/t10-,11-,13+/m0/s1. The van der Waals surface area contributed by atoms with E-state index < -0.39 is 43.8 Å². The van der Waals surface area contributed by atoms with Crippen molar-refractivity contribution in [2.75, 3.05) is 6.54 Å². The lowest BCUT2D eigenvalue weighted by molar-refractivity contribution is -0.163. The van der Waals surface area contributed by atoms with E-state index in [2.05, 4.69) is 10.3 Å². The lowest BCUT2D eigenvalue weighted by Crippen LogP contribution is -2.65. The SMILES string of the molecule is CC1(C)[C@H](C(=O)O)N2C(=O)[C@H](CNCc3cccnc3)[C@H]2S1(=O)=O. The van der Waals surface area contributed by atoms with Gasteiger partial charge in [-0.1, -0.05) is 6.07 Å². The Bertz CT molecular complexity index is 778. The molecule has 2 aliphatic heterocycles. The third-order valence-corrected chi connectivity index (χ3v) is 7.71. The summed E-state index contributed by atoms with van der Waals surface area (Å²) in [5.74, 6) is -2.48. The molecule has 130 valence electrons. The van der Waals surface area contributed by atoms with Crippen LogP contribution in [0.1, 0.15) is 19.4 Å². The molecule has 1 aromatic heterocycles. The average Bonchev–Trinajstić information content (AvgIpc) is 2.66. The minimum atomic E-state index is -3.77. The average molecular weight is 353 g/mol. The first-order chi connectivity index (χ1) is 11.2. The number of β-lactam (4-membered cyclic amide) rings is 1. The minimum Gasteiger partial charge on any atom is -0.480 e. The van der Waals surface area contributed by atoms with Crippen molar-refractivity contribution in [2.24, 2.45) is 5.92 Å². The van der Waals surface area contributed by atoms with E-state index in [9.17, 15) is 23.1 Å². The van der Waals surface area contributed by atoms with E-state index in [1.54, 1.807) is 18.5 Å². The quantitative estimate of drug-likeness (QED) is 0.693. The largest absolute Gasteiger partial charge is 0.480 e. The Hall–Kier alpha value is -2.00. The van der Waals surface area contributed by atoms with Crippen LogP contribution in [0, 0.1) is 5.92 Å². The highest BCUT2D eigenvalue weighted by Gasteiger charge is 2.71. The molecule has 0 radical (unpaired) electrons. The highest BCUT2D eigenvalue weighted by molar-refractivity contribution is 7.93. The molecule has 2 saturated heterocycles. The molecule has 3 heterocycles. The smallest absolute Gasteiger partial charge is 0.328 e. The van der Waals surface area contributed by atoms with Gasteiger partial charge < -0.3 is 15.3 Å². The number of carboxylic acid groups (broad SMARTS) is 1. The molecule has 0 saturated carbocycles. The number of carbonyl (C=O) groups is 2. The first-order valence-corrected chi connectivity index (χ1v) is 9.12. The van der Waals surface area contributed by atoms with Crippen LogP contribution in [0.3, 0.4) is 0 Å². The maximum Gasteiger partial charge on any atom is 0.328 e. The number of aromatic nitrogens is 1. The van der Waals surface area contributed by atoms with Crippen molar-refractivity contribution < 1.29 is 23.1 Å². The molecule has 0 aromatic carbocycles. The first-order valence-electron chi connectivity index (χ1n) is 7.57. The second kappa shape index (κ2) is 5.52. The van der Waals surface area contributed by atoms with Gasteiger partial charge in [0.2, 0.25) is 5.91 Å². The van der Waals surface area contributed by atoms with Crippen LogP contribution in [0.5, 0.6) is 0 Å². The molecule has 1 aromatic rings. The Morgan fingerprint density at radius 2 is 2.17 bits per heavy atom. The number of fused-ring (bicyclic) bond motifs is 1. The molecule has 0 aliphatic carbocycles. The molecular weight excluding hydrogens is 334 g/mol. The molecule has 1 amide bonds. The fraction of sp³-hybridized carbons (Fsp3) is 0.533. The van der Waals surface area contributed by atoms with Crippen LogP contribution in [-0.2, 0) is 26.0 Å². The number of rotatable bonds is 5. The summed E-state index contributed by atoms with van der Waals surface area (Å²) in [5, 5.41) is 11.3. The molecule has 3 rings (SSSR count). The molecule has 8 nitrogen and oxygen atoms in total. The van der Waals surface area contributed by atoms with Gasteiger partial charge in [0.05, 0.1) is 10.7 Å². The van der Waals surface area contributed by atoms with Crippen molar-refractivity contribution in [2.45, 2.75) is 36.6 Å². The molecule has 0 unspecified atom stereocenters. The summed E-state index contributed by atoms with van der Waals surface area (Å²) in [6, 6.07) is 2.31. The van der Waals surface area contributed by atoms with Gasteiger partial charge in [-0.2, -0.15) is 0 Å². The van der Waals surface area contributed by atoms with Crippen LogP contribution in [0.4, 0.5) is 0 Å². The van der Waals surface area contributed by atoms with Gasteiger partial charge in [-0.3, -0.25) is 9.78 Å². The van der Waals surface area contributed by atoms with Crippen molar-refractivity contribution in [3.05, 3.63) is 30.1 Å². The van der Waals surface area contributed by atoms with Crippen molar-refractivity contribution in [3.8, 4) is 0 Å². The lowest BCUT2D eigenvalue weighted by Gasteiger charge is -2.42. The number of nitrogens with one attached hydrogen (secondary N) is 1. The fourth-order valence-corrected chi connectivity index (χ4v) is 5.79. The summed E-state index contributed by atoms with van der Waals surface area (Å²) in [7, 11) is -3.77. The monoisotopic (exact) mass is 353 g/mol. The molecule has 2 aliphatic rings. The van der Waals surface area contributed by atoms with E-state index in [0.29, 0.717) is 6.54 Å². The van der Waals surface area contributed by atoms with Crippen molar-refractivity contribution in [3.63, 3.8) is 0 Å². The Balaban J connectivity index is 1.75. The normalized spacial score (nSPS) is 29.8. The number of carboxylic acids is 1. The Labute approximate surface area is 139 Å². The number of sulfone groups is 1. The predicted molar refractivity (Wildman–Crippen MR) is 84.5 cm³/mol. The summed E-state index contributed by atoms with van der Waals surface area (Å²) in [4.78, 5) is 28.8. The third-order valence-electron chi connectivity index (χ3n) is 4.83. The summed E-state index contributed by atoms with van der Waals surface area (Å²) in [6.07, 6.45) is 3.33. The van der Waals surface area contributed by atoms with Crippen molar-refractivity contribution in [1.29, 1.82) is 0 Å². The molecule has 9 heteroatoms. The summed E-state index contributed by atoms with van der Waals surface area (Å²) in [5.41, 5.74) is 0.916. The van der Waals surface area contributed by atoms with Crippen LogP contribution >= 0.6 is 0 Å². The van der Waals surface area contributed by atoms with Crippen LogP contribution < -0.4 is 5.32 Å². The number of hydrogen-bond acceptors (Lipinski definition) is 6. The van der Waals surface area contributed by atoms with Gasteiger partial charge in [0, 0.05) is 25.5 Å². The zero-order chi connectivity index (χ0) is 17.7. The van der Waals surface area contributed by atoms with Crippen molar-refractivity contribution >= 4 is 21.7 Å². The summed E-state index contributed by atoms with van der Waals surface area (Å²) < 4.78 is 23.9. The van der Waals surface area contributed by atoms with E-state index in [1.165, 1.54) is 13.8 Å². The van der Waals surface area contributed by atoms with Gasteiger partial charge in [-0.25, -0.2) is 13.2 Å². The summed E-state index contributed by atoms with van der Waals surface area (Å²) in [6.45, 7) is 3.37. The van der Waals surface area contributed by atoms with E-state index in [4.69, 9.17) is 0 Å². The molecule has 0 bridgehead atoms. The predicted octanol–water partition coefficient (Wildman–Crippen LogP) is -0.384. The number of aliphatic carboxylic acids is 1. The third kappa shape index (κ3) is 2.22. The van der Waals surface area contributed by atoms with Crippen LogP contribution in [0.25, 0.3) is 0 Å². The fourth-order valence-electron chi connectivity index (χ4n) is 3.47. The number of pyridine rings is 1. The van der Waals surface area contributed by atoms with E-state index in [0.717, 1.165) is 10.5 Å². The van der Waals surface area contributed by atoms with Gasteiger partial charge in [-0.15, -0.1) is 0 Å². The van der Waals surface area contributed by atoms with Crippen LogP contribution in [-0.4, -0.2) is 58.0 Å². The van der Waals surface area contributed by atoms with Gasteiger partial charge in [0.15, 0.2) is 9.84 Å². The van der Waals surface area contributed by atoms with Gasteiger partial charge >= 0.3 is 5.97 Å². The Morgan fingerprint density at radius 1 is 1.46 bits per heavy atom.